The zero-order valence-electron chi connectivity index (χ0n) is 16.1. The van der Waals surface area contributed by atoms with Crippen molar-refractivity contribution in [1.29, 1.82) is 0 Å². The van der Waals surface area contributed by atoms with E-state index in [1.54, 1.807) is 13.2 Å². The molecule has 1 aliphatic rings. The average Bonchev–Trinajstić information content (AvgIpc) is 2.74. The number of nitrogens with one attached hydrogen (secondary N) is 2. The quantitative estimate of drug-likeness (QED) is 0.746. The molecule has 7 heteroatoms. The number of nitrogens with zero attached hydrogens (tertiary/aromatic N) is 2. The van der Waals surface area contributed by atoms with Crippen molar-refractivity contribution in [3.8, 4) is 0 Å². The van der Waals surface area contributed by atoms with Crippen LogP contribution in [0.15, 0.2) is 52.6 Å². The van der Waals surface area contributed by atoms with Gasteiger partial charge in [-0.2, -0.15) is 0 Å². The number of hydrogen-bond acceptors (Lipinski definition) is 5. The van der Waals surface area contributed by atoms with Crippen LogP contribution in [0.25, 0.3) is 0 Å². The smallest absolute Gasteiger partial charge is 0.272 e. The maximum absolute atomic E-state index is 12.9. The Bertz CT molecular complexity index is 807. The summed E-state index contributed by atoms with van der Waals surface area (Å²) in [7, 11) is 1.66. The van der Waals surface area contributed by atoms with Crippen LogP contribution < -0.4 is 10.6 Å². The summed E-state index contributed by atoms with van der Waals surface area (Å²) in [4.78, 5) is 34.5. The fourth-order valence-electron chi connectivity index (χ4n) is 3.65. The molecule has 3 rings (SSSR count). The summed E-state index contributed by atoms with van der Waals surface area (Å²) >= 11 is 1.42. The third-order valence-corrected chi connectivity index (χ3v) is 6.19. The van der Waals surface area contributed by atoms with Crippen LogP contribution in [-0.4, -0.2) is 35.4 Å². The van der Waals surface area contributed by atoms with Gasteiger partial charge in [0.05, 0.1) is 0 Å². The molecule has 1 aromatic heterocycles. The van der Waals surface area contributed by atoms with E-state index in [0.29, 0.717) is 23.7 Å². The molecule has 1 heterocycles. The molecule has 1 aliphatic carbocycles. The van der Waals surface area contributed by atoms with Gasteiger partial charge in [0.15, 0.2) is 5.69 Å². The Balaban J connectivity index is 1.71. The predicted molar refractivity (Wildman–Crippen MR) is 109 cm³/mol. The van der Waals surface area contributed by atoms with Crippen molar-refractivity contribution in [3.63, 3.8) is 0 Å². The van der Waals surface area contributed by atoms with Crippen LogP contribution >= 0.6 is 11.8 Å². The maximum atomic E-state index is 12.9. The lowest BCUT2D eigenvalue weighted by Crippen LogP contribution is -2.42. The molecule has 6 nitrogen and oxygen atoms in total. The van der Waals surface area contributed by atoms with Gasteiger partial charge in [0.1, 0.15) is 5.03 Å². The first kappa shape index (κ1) is 20.3. The van der Waals surface area contributed by atoms with Crippen LogP contribution in [0.1, 0.15) is 49.0 Å². The molecule has 1 aromatic carbocycles. The summed E-state index contributed by atoms with van der Waals surface area (Å²) in [5, 5.41) is 6.32. The van der Waals surface area contributed by atoms with Crippen LogP contribution in [0.4, 0.5) is 0 Å². The molecule has 0 atom stereocenters. The lowest BCUT2D eigenvalue weighted by atomic mass is 9.71. The Morgan fingerprint density at radius 1 is 1.07 bits per heavy atom. The first-order valence-corrected chi connectivity index (χ1v) is 10.5. The minimum atomic E-state index is -0.242. The van der Waals surface area contributed by atoms with Gasteiger partial charge in [-0.05, 0) is 30.4 Å². The van der Waals surface area contributed by atoms with E-state index in [2.05, 4.69) is 20.6 Å². The Morgan fingerprint density at radius 2 is 1.79 bits per heavy atom. The molecule has 0 aliphatic heterocycles. The van der Waals surface area contributed by atoms with E-state index in [0.717, 1.165) is 30.6 Å². The SMILES string of the molecule is CNC(=O)CC1(CNC(=O)c2nccnc2Sc2ccccc2)CCCCC1. The molecular formula is C21H26N4O2S. The van der Waals surface area contributed by atoms with Gasteiger partial charge in [-0.15, -0.1) is 0 Å². The Hall–Kier alpha value is -2.41. The molecule has 1 fully saturated rings. The van der Waals surface area contributed by atoms with Gasteiger partial charge in [-0.25, -0.2) is 9.97 Å². The molecular weight excluding hydrogens is 372 g/mol. The van der Waals surface area contributed by atoms with Gasteiger partial charge in [-0.1, -0.05) is 49.2 Å². The molecule has 148 valence electrons. The maximum Gasteiger partial charge on any atom is 0.272 e. The van der Waals surface area contributed by atoms with Crippen LogP contribution in [0.5, 0.6) is 0 Å². The van der Waals surface area contributed by atoms with Gasteiger partial charge in [0.2, 0.25) is 5.91 Å². The second-order valence-electron chi connectivity index (χ2n) is 7.22. The molecule has 28 heavy (non-hydrogen) atoms. The number of benzene rings is 1. The van der Waals surface area contributed by atoms with E-state index in [1.165, 1.54) is 24.4 Å². The van der Waals surface area contributed by atoms with Crippen molar-refractivity contribution in [1.82, 2.24) is 20.6 Å². The number of amides is 2. The number of hydrogen-bond donors (Lipinski definition) is 2. The molecule has 1 saturated carbocycles. The fourth-order valence-corrected chi connectivity index (χ4v) is 4.53. The van der Waals surface area contributed by atoms with Crippen molar-refractivity contribution in [3.05, 3.63) is 48.4 Å². The third kappa shape index (κ3) is 5.32. The van der Waals surface area contributed by atoms with Crippen molar-refractivity contribution in [2.45, 2.75) is 48.4 Å². The first-order chi connectivity index (χ1) is 13.6. The lowest BCUT2D eigenvalue weighted by molar-refractivity contribution is -0.123. The standard InChI is InChI=1S/C21H26N4O2S/c1-22-17(26)14-21(10-6-3-7-11-21)15-25-19(27)18-20(24-13-12-23-18)28-16-8-4-2-5-9-16/h2,4-5,8-9,12-13H,3,6-7,10-11,14-15H2,1H3,(H,22,26)(H,25,27). The predicted octanol–water partition coefficient (Wildman–Crippen LogP) is 3.44. The summed E-state index contributed by atoms with van der Waals surface area (Å²) < 4.78 is 0. The van der Waals surface area contributed by atoms with Gasteiger partial charge in [0, 0.05) is 37.3 Å². The minimum Gasteiger partial charge on any atom is -0.359 e. The van der Waals surface area contributed by atoms with E-state index >= 15 is 0 Å². The highest BCUT2D eigenvalue weighted by Crippen LogP contribution is 2.39. The molecule has 0 bridgehead atoms. The lowest BCUT2D eigenvalue weighted by Gasteiger charge is -2.36. The van der Waals surface area contributed by atoms with Crippen LogP contribution in [0.2, 0.25) is 0 Å². The topological polar surface area (TPSA) is 84.0 Å². The Morgan fingerprint density at radius 3 is 2.50 bits per heavy atom. The molecule has 2 N–H and O–H groups in total. The van der Waals surface area contributed by atoms with E-state index in [4.69, 9.17) is 0 Å². The highest BCUT2D eigenvalue weighted by Gasteiger charge is 2.34. The summed E-state index contributed by atoms with van der Waals surface area (Å²) in [5.41, 5.74) is 0.144. The second-order valence-corrected chi connectivity index (χ2v) is 8.28. The van der Waals surface area contributed by atoms with Gasteiger partial charge in [0.25, 0.3) is 5.91 Å². The third-order valence-electron chi connectivity index (χ3n) is 5.19. The summed E-state index contributed by atoms with van der Waals surface area (Å²) in [6.07, 6.45) is 8.84. The van der Waals surface area contributed by atoms with Crippen molar-refractivity contribution < 1.29 is 9.59 Å². The summed E-state index contributed by atoms with van der Waals surface area (Å²) in [5.74, 6) is -0.218. The van der Waals surface area contributed by atoms with Crippen molar-refractivity contribution in [2.24, 2.45) is 5.41 Å². The Kier molecular flexibility index (Phi) is 7.03. The van der Waals surface area contributed by atoms with Crippen molar-refractivity contribution in [2.75, 3.05) is 13.6 Å². The van der Waals surface area contributed by atoms with Crippen LogP contribution in [0.3, 0.4) is 0 Å². The molecule has 0 radical (unpaired) electrons. The second kappa shape index (κ2) is 9.68. The molecule has 0 unspecified atom stereocenters. The van der Waals surface area contributed by atoms with E-state index in [9.17, 15) is 9.59 Å². The van der Waals surface area contributed by atoms with Gasteiger partial charge >= 0.3 is 0 Å². The molecule has 2 aromatic rings. The number of carbonyl (C=O) groups is 2. The molecule has 0 spiro atoms. The van der Waals surface area contributed by atoms with Crippen LogP contribution in [-0.2, 0) is 4.79 Å². The molecule has 2 amide bonds. The number of rotatable bonds is 7. The zero-order valence-corrected chi connectivity index (χ0v) is 16.9. The first-order valence-electron chi connectivity index (χ1n) is 9.65. The average molecular weight is 399 g/mol. The van der Waals surface area contributed by atoms with Gasteiger partial charge in [-0.3, -0.25) is 9.59 Å². The summed E-state index contributed by atoms with van der Waals surface area (Å²) in [6, 6.07) is 9.79. The summed E-state index contributed by atoms with van der Waals surface area (Å²) in [6.45, 7) is 0.477. The fraction of sp³-hybridized carbons (Fsp3) is 0.429. The van der Waals surface area contributed by atoms with Gasteiger partial charge < -0.3 is 10.6 Å². The molecule has 0 saturated heterocycles. The highest BCUT2D eigenvalue weighted by molar-refractivity contribution is 7.99. The minimum absolute atomic E-state index is 0.0240. The van der Waals surface area contributed by atoms with Crippen molar-refractivity contribution >= 4 is 23.6 Å². The van der Waals surface area contributed by atoms with E-state index < -0.39 is 0 Å². The Labute approximate surface area is 169 Å². The largest absolute Gasteiger partial charge is 0.359 e. The van der Waals surface area contributed by atoms with E-state index in [-0.39, 0.29) is 17.2 Å². The zero-order chi connectivity index (χ0) is 19.8. The highest BCUT2D eigenvalue weighted by atomic mass is 32.2. The monoisotopic (exact) mass is 398 g/mol. The number of carbonyl (C=O) groups excluding carboxylic acids is 2. The number of aromatic nitrogens is 2. The van der Waals surface area contributed by atoms with Crippen LogP contribution in [0, 0.1) is 5.41 Å². The normalized spacial score (nSPS) is 15.6. The van der Waals surface area contributed by atoms with E-state index in [1.807, 2.05) is 30.3 Å².